The molecule has 0 rings (SSSR count). The van der Waals surface area contributed by atoms with Crippen molar-refractivity contribution in [2.24, 2.45) is 0 Å². The molecule has 0 radical (unpaired) electrons. The summed E-state index contributed by atoms with van der Waals surface area (Å²) in [5.74, 6) is 0.150. The third-order valence-corrected chi connectivity index (χ3v) is 2.40. The summed E-state index contributed by atoms with van der Waals surface area (Å²) in [5.41, 5.74) is 0. The molecule has 0 unspecified atom stereocenters. The molecule has 0 aliphatic rings. The zero-order chi connectivity index (χ0) is 11.7. The summed E-state index contributed by atoms with van der Waals surface area (Å²) < 4.78 is 4.94. The van der Waals surface area contributed by atoms with Crippen LogP contribution in [0.15, 0.2) is 0 Å². The predicted molar refractivity (Wildman–Crippen MR) is 61.9 cm³/mol. The summed E-state index contributed by atoms with van der Waals surface area (Å²) in [4.78, 5) is 13.3. The number of nitrogens with zero attached hydrogens (tertiary/aromatic N) is 1. The minimum atomic E-state index is 0.150. The molecule has 0 heterocycles. The number of ether oxygens (including phenoxy) is 1. The van der Waals surface area contributed by atoms with Gasteiger partial charge < -0.3 is 15.0 Å². The molecule has 0 atom stereocenters. The van der Waals surface area contributed by atoms with E-state index >= 15 is 0 Å². The van der Waals surface area contributed by atoms with Crippen LogP contribution in [0, 0.1) is 0 Å². The lowest BCUT2D eigenvalue weighted by molar-refractivity contribution is -0.130. The van der Waals surface area contributed by atoms with Gasteiger partial charge in [-0.2, -0.15) is 0 Å². The first kappa shape index (κ1) is 14.4. The fourth-order valence-corrected chi connectivity index (χ4v) is 1.10. The normalized spacial score (nSPS) is 10.7. The van der Waals surface area contributed by atoms with E-state index in [1.807, 2.05) is 20.9 Å². The van der Waals surface area contributed by atoms with E-state index in [-0.39, 0.29) is 11.9 Å². The largest absolute Gasteiger partial charge is 0.385 e. The van der Waals surface area contributed by atoms with Gasteiger partial charge in [-0.3, -0.25) is 4.79 Å². The number of hydrogen-bond donors (Lipinski definition) is 1. The average Bonchev–Trinajstić information content (AvgIpc) is 2.21. The van der Waals surface area contributed by atoms with E-state index in [1.165, 1.54) is 0 Å². The van der Waals surface area contributed by atoms with Crippen molar-refractivity contribution in [3.05, 3.63) is 0 Å². The van der Waals surface area contributed by atoms with Crippen molar-refractivity contribution >= 4 is 5.91 Å². The molecule has 0 aromatic rings. The molecule has 0 bridgehead atoms. The quantitative estimate of drug-likeness (QED) is 0.612. The van der Waals surface area contributed by atoms with Gasteiger partial charge >= 0.3 is 0 Å². The highest BCUT2D eigenvalue weighted by atomic mass is 16.5. The van der Waals surface area contributed by atoms with Gasteiger partial charge in [-0.25, -0.2) is 0 Å². The molecule has 0 spiro atoms. The lowest BCUT2D eigenvalue weighted by atomic mass is 10.3. The first-order valence-corrected chi connectivity index (χ1v) is 5.55. The van der Waals surface area contributed by atoms with E-state index in [2.05, 4.69) is 5.32 Å². The van der Waals surface area contributed by atoms with Crippen molar-refractivity contribution in [3.63, 3.8) is 0 Å². The van der Waals surface area contributed by atoms with Gasteiger partial charge in [0.25, 0.3) is 0 Å². The maximum absolute atomic E-state index is 11.5. The van der Waals surface area contributed by atoms with Crippen LogP contribution < -0.4 is 5.32 Å². The highest BCUT2D eigenvalue weighted by molar-refractivity contribution is 5.78. The maximum atomic E-state index is 11.5. The molecule has 0 aliphatic carbocycles. The highest BCUT2D eigenvalue weighted by Crippen LogP contribution is 1.93. The Bertz CT molecular complexity index is 172. The number of hydrogen-bond acceptors (Lipinski definition) is 3. The second-order valence-corrected chi connectivity index (χ2v) is 3.98. The van der Waals surface area contributed by atoms with E-state index in [1.54, 1.807) is 12.0 Å². The summed E-state index contributed by atoms with van der Waals surface area (Å²) in [6, 6.07) is 0.271. The first-order valence-electron chi connectivity index (χ1n) is 5.55. The Hall–Kier alpha value is -0.610. The summed E-state index contributed by atoms with van der Waals surface area (Å²) in [6.07, 6.45) is 2.09. The average molecular weight is 216 g/mol. The topological polar surface area (TPSA) is 41.6 Å². The van der Waals surface area contributed by atoms with Gasteiger partial charge in [0.1, 0.15) is 0 Å². The van der Waals surface area contributed by atoms with Crippen LogP contribution in [0.4, 0.5) is 0 Å². The third kappa shape index (κ3) is 7.33. The van der Waals surface area contributed by atoms with E-state index < -0.39 is 0 Å². The van der Waals surface area contributed by atoms with Crippen LogP contribution in [-0.2, 0) is 9.53 Å². The molecule has 0 aromatic heterocycles. The van der Waals surface area contributed by atoms with E-state index in [0.29, 0.717) is 6.54 Å². The summed E-state index contributed by atoms with van der Waals surface area (Å²) in [7, 11) is 3.54. The lowest BCUT2D eigenvalue weighted by Crippen LogP contribution is -2.39. The second-order valence-electron chi connectivity index (χ2n) is 3.98. The Morgan fingerprint density at radius 3 is 2.60 bits per heavy atom. The van der Waals surface area contributed by atoms with E-state index in [0.717, 1.165) is 26.0 Å². The van der Waals surface area contributed by atoms with Crippen molar-refractivity contribution in [1.29, 1.82) is 0 Å². The molecule has 4 nitrogen and oxygen atoms in total. The molecule has 90 valence electrons. The zero-order valence-corrected chi connectivity index (χ0v) is 10.4. The standard InChI is InChI=1S/C11H24N2O2/c1-10(2)13(3)11(14)9-12-7-5-6-8-15-4/h10,12H,5-9H2,1-4H3. The third-order valence-electron chi connectivity index (χ3n) is 2.40. The molecule has 1 amide bonds. The van der Waals surface area contributed by atoms with Gasteiger partial charge in [0.15, 0.2) is 0 Å². The minimum Gasteiger partial charge on any atom is -0.385 e. The maximum Gasteiger partial charge on any atom is 0.236 e. The number of carbonyl (C=O) groups is 1. The molecule has 1 N–H and O–H groups in total. The van der Waals surface area contributed by atoms with Crippen molar-refractivity contribution in [1.82, 2.24) is 10.2 Å². The van der Waals surface area contributed by atoms with Crippen molar-refractivity contribution in [3.8, 4) is 0 Å². The van der Waals surface area contributed by atoms with Crippen LogP contribution in [0.25, 0.3) is 0 Å². The van der Waals surface area contributed by atoms with Crippen LogP contribution in [-0.4, -0.2) is 50.7 Å². The Labute approximate surface area is 93.0 Å². The fourth-order valence-electron chi connectivity index (χ4n) is 1.10. The lowest BCUT2D eigenvalue weighted by Gasteiger charge is -2.21. The van der Waals surface area contributed by atoms with Gasteiger partial charge in [0.2, 0.25) is 5.91 Å². The van der Waals surface area contributed by atoms with Crippen molar-refractivity contribution in [2.45, 2.75) is 32.7 Å². The molecule has 0 aliphatic heterocycles. The number of likely N-dealkylation sites (N-methyl/N-ethyl adjacent to an activating group) is 1. The first-order chi connectivity index (χ1) is 7.09. The molecule has 15 heavy (non-hydrogen) atoms. The van der Waals surface area contributed by atoms with Crippen molar-refractivity contribution in [2.75, 3.05) is 33.9 Å². The fraction of sp³-hybridized carbons (Fsp3) is 0.909. The molecule has 0 fully saturated rings. The summed E-state index contributed by atoms with van der Waals surface area (Å²) in [6.45, 7) is 6.12. The van der Waals surface area contributed by atoms with Gasteiger partial charge in [-0.15, -0.1) is 0 Å². The van der Waals surface area contributed by atoms with Gasteiger partial charge in [0.05, 0.1) is 6.54 Å². The van der Waals surface area contributed by atoms with Crippen LogP contribution in [0.1, 0.15) is 26.7 Å². The van der Waals surface area contributed by atoms with Gasteiger partial charge in [-0.05, 0) is 33.2 Å². The Balaban J connectivity index is 3.39. The van der Waals surface area contributed by atoms with Crippen LogP contribution in [0.5, 0.6) is 0 Å². The summed E-state index contributed by atoms with van der Waals surface area (Å²) in [5, 5.41) is 3.13. The molecular weight excluding hydrogens is 192 g/mol. The Morgan fingerprint density at radius 1 is 1.40 bits per heavy atom. The predicted octanol–water partition coefficient (Wildman–Crippen LogP) is 0.869. The van der Waals surface area contributed by atoms with Crippen LogP contribution in [0.2, 0.25) is 0 Å². The summed E-state index contributed by atoms with van der Waals surface area (Å²) >= 11 is 0. The smallest absolute Gasteiger partial charge is 0.236 e. The van der Waals surface area contributed by atoms with Gasteiger partial charge in [0, 0.05) is 26.8 Å². The van der Waals surface area contributed by atoms with Crippen LogP contribution in [0.3, 0.4) is 0 Å². The number of nitrogens with one attached hydrogen (secondary N) is 1. The van der Waals surface area contributed by atoms with Gasteiger partial charge in [-0.1, -0.05) is 0 Å². The molecule has 0 saturated carbocycles. The Kier molecular flexibility index (Phi) is 8.33. The number of amides is 1. The molecule has 0 aromatic carbocycles. The highest BCUT2D eigenvalue weighted by Gasteiger charge is 2.10. The second kappa shape index (κ2) is 8.68. The number of unbranched alkanes of at least 4 members (excludes halogenated alkanes) is 1. The molecular formula is C11H24N2O2. The van der Waals surface area contributed by atoms with E-state index in [9.17, 15) is 4.79 Å². The monoisotopic (exact) mass is 216 g/mol. The molecule has 4 heteroatoms. The SMILES string of the molecule is COCCCCNCC(=O)N(C)C(C)C. The zero-order valence-electron chi connectivity index (χ0n) is 10.4. The van der Waals surface area contributed by atoms with E-state index in [4.69, 9.17) is 4.74 Å². The van der Waals surface area contributed by atoms with Crippen LogP contribution >= 0.6 is 0 Å². The number of carbonyl (C=O) groups excluding carboxylic acids is 1. The van der Waals surface area contributed by atoms with Crippen molar-refractivity contribution < 1.29 is 9.53 Å². The number of methoxy groups -OCH3 is 1. The number of rotatable bonds is 8. The molecule has 0 saturated heterocycles. The Morgan fingerprint density at radius 2 is 2.07 bits per heavy atom. The minimum absolute atomic E-state index is 0.150.